The van der Waals surface area contributed by atoms with Gasteiger partial charge in [-0.25, -0.2) is 8.42 Å². The highest BCUT2D eigenvalue weighted by molar-refractivity contribution is 7.92. The van der Waals surface area contributed by atoms with E-state index in [9.17, 15) is 8.42 Å². The van der Waals surface area contributed by atoms with Crippen LogP contribution in [0, 0.1) is 0 Å². The predicted molar refractivity (Wildman–Crippen MR) is 113 cm³/mol. The number of anilines is 1. The number of nitrogens with zero attached hydrogens (tertiary/aromatic N) is 2. The lowest BCUT2D eigenvalue weighted by Crippen LogP contribution is -2.31. The van der Waals surface area contributed by atoms with Gasteiger partial charge in [-0.05, 0) is 55.0 Å². The third-order valence-corrected chi connectivity index (χ3v) is 6.35. The normalized spacial score (nSPS) is 11.2. The van der Waals surface area contributed by atoms with E-state index in [1.807, 2.05) is 6.07 Å². The summed E-state index contributed by atoms with van der Waals surface area (Å²) >= 11 is 12.3. The molecule has 2 aromatic carbocycles. The molecule has 0 aliphatic carbocycles. The van der Waals surface area contributed by atoms with Gasteiger partial charge in [0.15, 0.2) is 5.75 Å². The Balaban J connectivity index is 1.88. The van der Waals surface area contributed by atoms with Crippen molar-refractivity contribution < 1.29 is 13.2 Å². The Kier molecular flexibility index (Phi) is 6.44. The maximum atomic E-state index is 12.6. The van der Waals surface area contributed by atoms with Gasteiger partial charge in [-0.1, -0.05) is 35.3 Å². The minimum Gasteiger partial charge on any atom is -0.454 e. The van der Waals surface area contributed by atoms with E-state index in [0.717, 1.165) is 5.56 Å². The van der Waals surface area contributed by atoms with Crippen LogP contribution in [0.15, 0.2) is 67.0 Å². The number of benzene rings is 2. The van der Waals surface area contributed by atoms with Crippen molar-refractivity contribution in [2.24, 2.45) is 0 Å². The molecule has 0 bridgehead atoms. The fourth-order valence-corrected chi connectivity index (χ4v) is 4.12. The van der Waals surface area contributed by atoms with Gasteiger partial charge in [0.2, 0.25) is 10.0 Å². The number of pyridine rings is 1. The van der Waals surface area contributed by atoms with Crippen molar-refractivity contribution in [1.82, 2.24) is 4.98 Å². The van der Waals surface area contributed by atoms with Gasteiger partial charge in [-0.2, -0.15) is 0 Å². The van der Waals surface area contributed by atoms with Crippen LogP contribution in [0.1, 0.15) is 12.5 Å². The summed E-state index contributed by atoms with van der Waals surface area (Å²) in [5.74, 6) is 0.835. The molecule has 8 heteroatoms. The Morgan fingerprint density at radius 2 is 1.68 bits per heavy atom. The van der Waals surface area contributed by atoms with E-state index < -0.39 is 10.0 Å². The summed E-state index contributed by atoms with van der Waals surface area (Å²) in [6.45, 7) is 1.81. The molecule has 1 aromatic heterocycles. The summed E-state index contributed by atoms with van der Waals surface area (Å²) in [6.07, 6.45) is 3.29. The lowest BCUT2D eigenvalue weighted by atomic mass is 10.2. The van der Waals surface area contributed by atoms with E-state index in [0.29, 0.717) is 27.2 Å². The standard InChI is InChI=1S/C20H18Cl2N2O3S/c1-2-28(25,26)24(14-15-5-4-12-23-13-15)16-8-10-17(11-9-16)27-20-18(21)6-3-7-19(20)22/h3-13H,2,14H2,1H3. The summed E-state index contributed by atoms with van der Waals surface area (Å²) < 4.78 is 32.3. The summed E-state index contributed by atoms with van der Waals surface area (Å²) in [7, 11) is -3.47. The molecule has 1 heterocycles. The van der Waals surface area contributed by atoms with Crippen LogP contribution in [0.3, 0.4) is 0 Å². The highest BCUT2D eigenvalue weighted by Crippen LogP contribution is 2.36. The lowest BCUT2D eigenvalue weighted by Gasteiger charge is -2.24. The zero-order chi connectivity index (χ0) is 20.1. The zero-order valence-electron chi connectivity index (χ0n) is 15.0. The van der Waals surface area contributed by atoms with Crippen molar-refractivity contribution in [3.8, 4) is 11.5 Å². The monoisotopic (exact) mass is 436 g/mol. The van der Waals surface area contributed by atoms with Gasteiger partial charge in [0.25, 0.3) is 0 Å². The first-order chi connectivity index (χ1) is 13.4. The topological polar surface area (TPSA) is 59.5 Å². The molecule has 0 saturated heterocycles. The van der Waals surface area contributed by atoms with Crippen molar-refractivity contribution in [1.29, 1.82) is 0 Å². The molecule has 3 aromatic rings. The Hall–Kier alpha value is -2.28. The van der Waals surface area contributed by atoms with E-state index in [1.54, 1.807) is 67.8 Å². The molecule has 0 atom stereocenters. The quantitative estimate of drug-likeness (QED) is 0.487. The smallest absolute Gasteiger partial charge is 0.235 e. The first-order valence-corrected chi connectivity index (χ1v) is 10.9. The highest BCUT2D eigenvalue weighted by Gasteiger charge is 2.21. The second-order valence-corrected chi connectivity index (χ2v) is 8.91. The van der Waals surface area contributed by atoms with Gasteiger partial charge in [-0.15, -0.1) is 0 Å². The number of aromatic nitrogens is 1. The fraction of sp³-hybridized carbons (Fsp3) is 0.150. The second kappa shape index (κ2) is 8.82. The van der Waals surface area contributed by atoms with Crippen molar-refractivity contribution in [3.63, 3.8) is 0 Å². The van der Waals surface area contributed by atoms with E-state index in [2.05, 4.69) is 4.98 Å². The summed E-state index contributed by atoms with van der Waals surface area (Å²) in [5.41, 5.74) is 1.33. The van der Waals surface area contributed by atoms with E-state index in [1.165, 1.54) is 4.31 Å². The van der Waals surface area contributed by atoms with Crippen LogP contribution < -0.4 is 9.04 Å². The summed E-state index contributed by atoms with van der Waals surface area (Å²) in [4.78, 5) is 4.05. The number of hydrogen-bond acceptors (Lipinski definition) is 4. The van der Waals surface area contributed by atoms with Crippen molar-refractivity contribution in [3.05, 3.63) is 82.6 Å². The van der Waals surface area contributed by atoms with Crippen molar-refractivity contribution >= 4 is 38.9 Å². The number of hydrogen-bond donors (Lipinski definition) is 0. The number of ether oxygens (including phenoxy) is 1. The molecule has 0 aliphatic rings. The molecule has 146 valence electrons. The van der Waals surface area contributed by atoms with Crippen molar-refractivity contribution in [2.75, 3.05) is 10.1 Å². The molecule has 3 rings (SSSR count). The molecule has 0 saturated carbocycles. The Morgan fingerprint density at radius 3 is 2.25 bits per heavy atom. The van der Waals surface area contributed by atoms with Gasteiger partial charge >= 0.3 is 0 Å². The Morgan fingerprint density at radius 1 is 1.00 bits per heavy atom. The first-order valence-electron chi connectivity index (χ1n) is 8.52. The molecule has 0 aliphatic heterocycles. The van der Waals surface area contributed by atoms with Gasteiger partial charge in [-0.3, -0.25) is 9.29 Å². The van der Waals surface area contributed by atoms with Gasteiger partial charge in [0.05, 0.1) is 28.0 Å². The summed E-state index contributed by atoms with van der Waals surface area (Å²) in [5, 5.41) is 0.784. The SMILES string of the molecule is CCS(=O)(=O)N(Cc1cccnc1)c1ccc(Oc2c(Cl)cccc2Cl)cc1. The van der Waals surface area contributed by atoms with E-state index in [4.69, 9.17) is 27.9 Å². The molecule has 0 amide bonds. The maximum Gasteiger partial charge on any atom is 0.235 e. The summed E-state index contributed by atoms with van der Waals surface area (Å²) in [6, 6.07) is 15.4. The number of halogens is 2. The minimum atomic E-state index is -3.47. The molecule has 28 heavy (non-hydrogen) atoms. The van der Waals surface area contributed by atoms with Gasteiger partial charge < -0.3 is 4.74 Å². The largest absolute Gasteiger partial charge is 0.454 e. The average Bonchev–Trinajstić information content (AvgIpc) is 2.70. The Bertz CT molecular complexity index is 1020. The van der Waals surface area contributed by atoms with Crippen LogP contribution in [-0.4, -0.2) is 19.2 Å². The molecule has 0 fully saturated rings. The highest BCUT2D eigenvalue weighted by atomic mass is 35.5. The molecule has 0 spiro atoms. The van der Waals surface area contributed by atoms with Crippen LogP contribution in [0.25, 0.3) is 0 Å². The third-order valence-electron chi connectivity index (χ3n) is 4.01. The molecule has 5 nitrogen and oxygen atoms in total. The predicted octanol–water partition coefficient (Wildman–Crippen LogP) is 5.54. The zero-order valence-corrected chi connectivity index (χ0v) is 17.4. The maximum absolute atomic E-state index is 12.6. The number of rotatable bonds is 7. The first kappa shape index (κ1) is 20.5. The second-order valence-electron chi connectivity index (χ2n) is 5.92. The molecular formula is C20H18Cl2N2O3S. The van der Waals surface area contributed by atoms with Crippen LogP contribution in [-0.2, 0) is 16.6 Å². The number of sulfonamides is 1. The van der Waals surface area contributed by atoms with Gasteiger partial charge in [0, 0.05) is 12.4 Å². The lowest BCUT2D eigenvalue weighted by molar-refractivity contribution is 0.483. The van der Waals surface area contributed by atoms with E-state index >= 15 is 0 Å². The number of para-hydroxylation sites is 1. The molecule has 0 unspecified atom stereocenters. The molecule has 0 N–H and O–H groups in total. The van der Waals surface area contributed by atoms with E-state index in [-0.39, 0.29) is 12.3 Å². The van der Waals surface area contributed by atoms with Crippen LogP contribution in [0.4, 0.5) is 5.69 Å². The van der Waals surface area contributed by atoms with Crippen molar-refractivity contribution in [2.45, 2.75) is 13.5 Å². The fourth-order valence-electron chi connectivity index (χ4n) is 2.54. The van der Waals surface area contributed by atoms with Crippen LogP contribution in [0.5, 0.6) is 11.5 Å². The van der Waals surface area contributed by atoms with Crippen LogP contribution in [0.2, 0.25) is 10.0 Å². The van der Waals surface area contributed by atoms with Crippen LogP contribution >= 0.6 is 23.2 Å². The molecule has 0 radical (unpaired) electrons. The third kappa shape index (κ3) is 4.76. The molecular weight excluding hydrogens is 419 g/mol. The Labute approximate surface area is 174 Å². The average molecular weight is 437 g/mol. The van der Waals surface area contributed by atoms with Gasteiger partial charge in [0.1, 0.15) is 5.75 Å². The minimum absolute atomic E-state index is 0.0132.